The lowest BCUT2D eigenvalue weighted by Crippen LogP contribution is -2.41. The summed E-state index contributed by atoms with van der Waals surface area (Å²) < 4.78 is 5.40. The highest BCUT2D eigenvalue weighted by molar-refractivity contribution is 5.35. The monoisotopic (exact) mass is 271 g/mol. The Morgan fingerprint density at radius 3 is 2.45 bits per heavy atom. The number of hydrazine groups is 1. The lowest BCUT2D eigenvalue weighted by atomic mass is 9.76. The maximum absolute atomic E-state index is 5.81. The van der Waals surface area contributed by atoms with E-state index >= 15 is 0 Å². The fraction of sp³-hybridized carbons (Fsp3) is 0.312. The van der Waals surface area contributed by atoms with Crippen LogP contribution in [0.15, 0.2) is 48.7 Å². The van der Waals surface area contributed by atoms with Gasteiger partial charge in [0.05, 0.1) is 13.2 Å². The van der Waals surface area contributed by atoms with Gasteiger partial charge >= 0.3 is 0 Å². The summed E-state index contributed by atoms with van der Waals surface area (Å²) in [6.45, 7) is 4.28. The van der Waals surface area contributed by atoms with E-state index in [1.54, 1.807) is 13.3 Å². The van der Waals surface area contributed by atoms with Crippen molar-refractivity contribution < 1.29 is 4.74 Å². The number of hydrogen-bond donors (Lipinski definition) is 2. The van der Waals surface area contributed by atoms with Crippen molar-refractivity contribution in [3.63, 3.8) is 0 Å². The molecule has 1 aromatic carbocycles. The van der Waals surface area contributed by atoms with Crippen molar-refractivity contribution >= 4 is 0 Å². The van der Waals surface area contributed by atoms with Crippen LogP contribution in [-0.4, -0.2) is 12.1 Å². The Balaban J connectivity index is 2.46. The first-order valence-corrected chi connectivity index (χ1v) is 6.61. The number of ether oxygens (including phenoxy) is 1. The molecule has 0 spiro atoms. The number of pyridine rings is 1. The van der Waals surface area contributed by atoms with Gasteiger partial charge in [0.25, 0.3) is 0 Å². The topological polar surface area (TPSA) is 60.2 Å². The Morgan fingerprint density at radius 2 is 1.85 bits per heavy atom. The van der Waals surface area contributed by atoms with Crippen LogP contribution < -0.4 is 16.0 Å². The van der Waals surface area contributed by atoms with Gasteiger partial charge in [-0.25, -0.2) is 0 Å². The van der Waals surface area contributed by atoms with Crippen LogP contribution in [0, 0.1) is 0 Å². The van der Waals surface area contributed by atoms with E-state index in [1.165, 1.54) is 5.56 Å². The molecule has 2 aromatic rings. The van der Waals surface area contributed by atoms with Crippen LogP contribution >= 0.6 is 0 Å². The molecule has 4 heteroatoms. The summed E-state index contributed by atoms with van der Waals surface area (Å²) in [6.07, 6.45) is 1.75. The predicted octanol–water partition coefficient (Wildman–Crippen LogP) is 2.57. The number of hydrogen-bond acceptors (Lipinski definition) is 4. The number of nitrogens with one attached hydrogen (secondary N) is 1. The first kappa shape index (κ1) is 14.5. The minimum absolute atomic E-state index is 0.152. The van der Waals surface area contributed by atoms with E-state index in [2.05, 4.69) is 36.4 Å². The molecule has 0 aliphatic carbocycles. The molecule has 20 heavy (non-hydrogen) atoms. The fourth-order valence-electron chi connectivity index (χ4n) is 2.46. The molecule has 0 aliphatic rings. The highest BCUT2D eigenvalue weighted by atomic mass is 16.5. The number of nitrogens with zero attached hydrogens (tertiary/aromatic N) is 1. The van der Waals surface area contributed by atoms with Gasteiger partial charge in [-0.3, -0.25) is 16.3 Å². The van der Waals surface area contributed by atoms with E-state index in [4.69, 9.17) is 10.6 Å². The standard InChI is InChI=1S/C16H21N3O/c1-16(2,12-8-5-4-6-9-12)15(19-17)14-13(20-3)10-7-11-18-14/h4-11,15,19H,17H2,1-3H3. The molecule has 0 fully saturated rings. The fourth-order valence-corrected chi connectivity index (χ4v) is 2.46. The summed E-state index contributed by atoms with van der Waals surface area (Å²) >= 11 is 0. The van der Waals surface area contributed by atoms with Crippen molar-refractivity contribution in [1.29, 1.82) is 0 Å². The molecule has 3 N–H and O–H groups in total. The molecule has 0 saturated heterocycles. The van der Waals surface area contributed by atoms with Gasteiger partial charge in [-0.15, -0.1) is 0 Å². The van der Waals surface area contributed by atoms with Crippen LogP contribution in [0.4, 0.5) is 0 Å². The van der Waals surface area contributed by atoms with Crippen molar-refractivity contribution in [2.45, 2.75) is 25.3 Å². The zero-order valence-corrected chi connectivity index (χ0v) is 12.1. The third kappa shape index (κ3) is 2.66. The molecule has 0 saturated carbocycles. The van der Waals surface area contributed by atoms with Crippen LogP contribution in [0.5, 0.6) is 5.75 Å². The van der Waals surface area contributed by atoms with Crippen molar-refractivity contribution in [1.82, 2.24) is 10.4 Å². The summed E-state index contributed by atoms with van der Waals surface area (Å²) in [7, 11) is 1.64. The molecule has 1 aromatic heterocycles. The van der Waals surface area contributed by atoms with E-state index in [-0.39, 0.29) is 11.5 Å². The lowest BCUT2D eigenvalue weighted by Gasteiger charge is -2.34. The van der Waals surface area contributed by atoms with Crippen molar-refractivity contribution in [3.05, 3.63) is 59.9 Å². The molecule has 0 bridgehead atoms. The van der Waals surface area contributed by atoms with Crippen molar-refractivity contribution in [2.24, 2.45) is 5.84 Å². The minimum Gasteiger partial charge on any atom is -0.495 e. The average Bonchev–Trinajstić information content (AvgIpc) is 2.49. The Morgan fingerprint density at radius 1 is 1.15 bits per heavy atom. The van der Waals surface area contributed by atoms with Crippen LogP contribution in [0.1, 0.15) is 31.1 Å². The van der Waals surface area contributed by atoms with Crippen LogP contribution in [0.3, 0.4) is 0 Å². The normalized spacial score (nSPS) is 13.0. The van der Waals surface area contributed by atoms with Crippen LogP contribution in [0.25, 0.3) is 0 Å². The molecule has 1 atom stereocenters. The van der Waals surface area contributed by atoms with Crippen molar-refractivity contribution in [2.75, 3.05) is 7.11 Å². The number of rotatable bonds is 5. The minimum atomic E-state index is -0.225. The third-order valence-corrected chi connectivity index (χ3v) is 3.70. The van der Waals surface area contributed by atoms with Crippen LogP contribution in [0.2, 0.25) is 0 Å². The van der Waals surface area contributed by atoms with Gasteiger partial charge in [0.1, 0.15) is 11.4 Å². The highest BCUT2D eigenvalue weighted by Crippen LogP contribution is 2.38. The molecule has 1 heterocycles. The molecular formula is C16H21N3O. The van der Waals surface area contributed by atoms with Crippen molar-refractivity contribution in [3.8, 4) is 5.75 Å². The van der Waals surface area contributed by atoms with E-state index in [9.17, 15) is 0 Å². The first-order chi connectivity index (χ1) is 9.61. The van der Waals surface area contributed by atoms with Gasteiger partial charge in [0.15, 0.2) is 0 Å². The van der Waals surface area contributed by atoms with Gasteiger partial charge in [-0.2, -0.15) is 0 Å². The number of nitrogens with two attached hydrogens (primary N) is 1. The first-order valence-electron chi connectivity index (χ1n) is 6.61. The second-order valence-electron chi connectivity index (χ2n) is 5.28. The number of benzene rings is 1. The second kappa shape index (κ2) is 6.03. The van der Waals surface area contributed by atoms with E-state index < -0.39 is 0 Å². The summed E-state index contributed by atoms with van der Waals surface area (Å²) in [5.74, 6) is 6.54. The van der Waals surface area contributed by atoms with E-state index in [1.807, 2.05) is 30.3 Å². The Bertz CT molecular complexity index is 555. The quantitative estimate of drug-likeness (QED) is 0.648. The van der Waals surface area contributed by atoms with Gasteiger partial charge in [-0.1, -0.05) is 44.2 Å². The zero-order valence-electron chi connectivity index (χ0n) is 12.1. The Kier molecular flexibility index (Phi) is 4.37. The third-order valence-electron chi connectivity index (χ3n) is 3.70. The molecule has 1 unspecified atom stereocenters. The molecule has 0 aliphatic heterocycles. The summed E-state index contributed by atoms with van der Waals surface area (Å²) in [5.41, 5.74) is 4.67. The van der Waals surface area contributed by atoms with Gasteiger partial charge in [-0.05, 0) is 17.7 Å². The Labute approximate surface area is 120 Å². The smallest absolute Gasteiger partial charge is 0.142 e. The largest absolute Gasteiger partial charge is 0.495 e. The molecular weight excluding hydrogens is 250 g/mol. The zero-order chi connectivity index (χ0) is 14.6. The van der Waals surface area contributed by atoms with Crippen LogP contribution in [-0.2, 0) is 5.41 Å². The maximum atomic E-state index is 5.81. The summed E-state index contributed by atoms with van der Waals surface area (Å²) in [5, 5.41) is 0. The lowest BCUT2D eigenvalue weighted by molar-refractivity contribution is 0.325. The molecule has 106 valence electrons. The predicted molar refractivity (Wildman–Crippen MR) is 80.3 cm³/mol. The molecule has 0 amide bonds. The van der Waals surface area contributed by atoms with Gasteiger partial charge in [0, 0.05) is 11.6 Å². The van der Waals surface area contributed by atoms with E-state index in [0.29, 0.717) is 0 Å². The summed E-state index contributed by atoms with van der Waals surface area (Å²) in [4.78, 5) is 4.44. The maximum Gasteiger partial charge on any atom is 0.142 e. The summed E-state index contributed by atoms with van der Waals surface area (Å²) in [6, 6.07) is 13.9. The number of methoxy groups -OCH3 is 1. The highest BCUT2D eigenvalue weighted by Gasteiger charge is 2.34. The molecule has 4 nitrogen and oxygen atoms in total. The SMILES string of the molecule is COc1cccnc1C(NN)C(C)(C)c1ccccc1. The van der Waals surface area contributed by atoms with Gasteiger partial charge in [0.2, 0.25) is 0 Å². The molecule has 2 rings (SSSR count). The van der Waals surface area contributed by atoms with E-state index in [0.717, 1.165) is 11.4 Å². The molecule has 0 radical (unpaired) electrons. The van der Waals surface area contributed by atoms with Gasteiger partial charge < -0.3 is 4.74 Å². The Hall–Kier alpha value is -1.91. The average molecular weight is 271 g/mol. The number of aromatic nitrogens is 1. The second-order valence-corrected chi connectivity index (χ2v) is 5.28.